The summed E-state index contributed by atoms with van der Waals surface area (Å²) in [5.74, 6) is 1.27. The fourth-order valence-corrected chi connectivity index (χ4v) is 2.02. The van der Waals surface area contributed by atoms with Crippen LogP contribution in [0.2, 0.25) is 5.02 Å². The van der Waals surface area contributed by atoms with Gasteiger partial charge in [0.15, 0.2) is 11.7 Å². The van der Waals surface area contributed by atoms with Crippen LogP contribution in [0, 0.1) is 6.92 Å². The van der Waals surface area contributed by atoms with Crippen molar-refractivity contribution in [3.05, 3.63) is 46.1 Å². The molecule has 0 spiro atoms. The van der Waals surface area contributed by atoms with Crippen LogP contribution in [-0.4, -0.2) is 27.7 Å². The minimum Gasteiger partial charge on any atom is -0.409 e. The number of nitrogens with two attached hydrogens (primary N) is 1. The molecule has 0 aliphatic heterocycles. The van der Waals surface area contributed by atoms with Crippen molar-refractivity contribution in [2.75, 3.05) is 6.54 Å². The molecule has 0 saturated carbocycles. The van der Waals surface area contributed by atoms with Gasteiger partial charge in [-0.05, 0) is 11.6 Å². The Morgan fingerprint density at radius 3 is 2.95 bits per heavy atom. The van der Waals surface area contributed by atoms with Gasteiger partial charge in [0.1, 0.15) is 0 Å². The van der Waals surface area contributed by atoms with Gasteiger partial charge in [0, 0.05) is 37.0 Å². The van der Waals surface area contributed by atoms with Crippen LogP contribution < -0.4 is 11.1 Å². The average molecular weight is 310 g/mol. The minimum atomic E-state index is 0.0314. The Hall–Kier alpha value is -2.12. The number of nitrogens with zero attached hydrogens (tertiary/aromatic N) is 3. The third kappa shape index (κ3) is 4.17. The van der Waals surface area contributed by atoms with Crippen molar-refractivity contribution in [1.82, 2.24) is 15.5 Å². The molecule has 2 rings (SSSR count). The number of aromatic nitrogens is 2. The number of hydrogen-bond acceptors (Lipinski definition) is 6. The lowest BCUT2D eigenvalue weighted by Crippen LogP contribution is -2.18. The number of rotatable bonds is 6. The number of oxime groups is 1. The summed E-state index contributed by atoms with van der Waals surface area (Å²) in [6, 6.07) is 5.25. The topological polar surface area (TPSA) is 110 Å². The fraction of sp³-hybridized carbons (Fsp3) is 0.308. The maximum absolute atomic E-state index is 8.62. The first-order valence-corrected chi connectivity index (χ1v) is 6.74. The number of aryl methyl sites for hydroxylation is 1. The zero-order chi connectivity index (χ0) is 15.2. The summed E-state index contributed by atoms with van der Waals surface area (Å²) in [6.07, 6.45) is 0.678. The fourth-order valence-electron chi connectivity index (χ4n) is 1.77. The number of amidine groups is 1. The molecule has 0 bridgehead atoms. The molecule has 2 aromatic rings. The van der Waals surface area contributed by atoms with Crippen LogP contribution in [0.5, 0.6) is 0 Å². The molecule has 0 amide bonds. The molecular formula is C13H16ClN5O2. The van der Waals surface area contributed by atoms with E-state index in [1.165, 1.54) is 0 Å². The molecule has 1 aromatic heterocycles. The molecule has 1 aromatic carbocycles. The summed E-state index contributed by atoms with van der Waals surface area (Å²) in [7, 11) is 0. The Bertz CT molecular complexity index is 641. The van der Waals surface area contributed by atoms with Gasteiger partial charge in [-0.3, -0.25) is 0 Å². The predicted molar refractivity (Wildman–Crippen MR) is 78.4 cm³/mol. The van der Waals surface area contributed by atoms with Gasteiger partial charge in [0.25, 0.3) is 0 Å². The van der Waals surface area contributed by atoms with Gasteiger partial charge >= 0.3 is 0 Å². The molecule has 0 aliphatic carbocycles. The van der Waals surface area contributed by atoms with Crippen molar-refractivity contribution in [1.29, 1.82) is 0 Å². The summed E-state index contributed by atoms with van der Waals surface area (Å²) in [6.45, 7) is 3.07. The quantitative estimate of drug-likeness (QED) is 0.245. The van der Waals surface area contributed by atoms with Crippen LogP contribution in [0.3, 0.4) is 0 Å². The molecule has 21 heavy (non-hydrogen) atoms. The molecule has 0 fully saturated rings. The maximum Gasteiger partial charge on any atom is 0.223 e. The van der Waals surface area contributed by atoms with E-state index >= 15 is 0 Å². The highest BCUT2D eigenvalue weighted by molar-refractivity contribution is 6.31. The van der Waals surface area contributed by atoms with Gasteiger partial charge in [-0.15, -0.1) is 0 Å². The molecule has 4 N–H and O–H groups in total. The summed E-state index contributed by atoms with van der Waals surface area (Å²) >= 11 is 6.16. The van der Waals surface area contributed by atoms with Crippen LogP contribution in [0.15, 0.2) is 27.9 Å². The van der Waals surface area contributed by atoms with Crippen LogP contribution in [0.1, 0.15) is 22.8 Å². The second-order valence-electron chi connectivity index (χ2n) is 4.45. The second-order valence-corrected chi connectivity index (χ2v) is 4.86. The minimum absolute atomic E-state index is 0.0314. The highest BCUT2D eigenvalue weighted by Gasteiger charge is 2.06. The van der Waals surface area contributed by atoms with Gasteiger partial charge in [0.05, 0.1) is 0 Å². The average Bonchev–Trinajstić information content (AvgIpc) is 2.89. The van der Waals surface area contributed by atoms with Gasteiger partial charge in [0.2, 0.25) is 5.89 Å². The monoisotopic (exact) mass is 309 g/mol. The summed E-state index contributed by atoms with van der Waals surface area (Å²) in [5.41, 5.74) is 7.01. The third-order valence-corrected chi connectivity index (χ3v) is 3.22. The van der Waals surface area contributed by atoms with E-state index in [2.05, 4.69) is 20.6 Å². The highest BCUT2D eigenvalue weighted by atomic mass is 35.5. The van der Waals surface area contributed by atoms with Crippen molar-refractivity contribution in [2.24, 2.45) is 10.9 Å². The summed E-state index contributed by atoms with van der Waals surface area (Å²) in [4.78, 5) is 4.12. The molecule has 8 heteroatoms. The standard InChI is InChI=1S/C13H16ClN5O2/c1-8-17-12(19-21-8)4-5-16-7-10-3-2-9(6-11(10)14)13(15)18-20/h2-3,6,16,20H,4-5,7H2,1H3,(H2,15,18). The van der Waals surface area contributed by atoms with E-state index in [0.717, 1.165) is 5.56 Å². The van der Waals surface area contributed by atoms with Crippen LogP contribution >= 0.6 is 11.6 Å². The second kappa shape index (κ2) is 7.05. The van der Waals surface area contributed by atoms with Gasteiger partial charge in [-0.25, -0.2) is 0 Å². The summed E-state index contributed by atoms with van der Waals surface area (Å²) < 4.78 is 4.89. The molecule has 0 aliphatic rings. The first-order valence-electron chi connectivity index (χ1n) is 6.36. The first kappa shape index (κ1) is 15.3. The lowest BCUT2D eigenvalue weighted by molar-refractivity contribution is 0.318. The van der Waals surface area contributed by atoms with Crippen molar-refractivity contribution < 1.29 is 9.73 Å². The molecule has 7 nitrogen and oxygen atoms in total. The Balaban J connectivity index is 1.86. The molecule has 112 valence electrons. The third-order valence-electron chi connectivity index (χ3n) is 2.87. The van der Waals surface area contributed by atoms with Crippen LogP contribution in [-0.2, 0) is 13.0 Å². The number of benzene rings is 1. The number of hydrogen-bond donors (Lipinski definition) is 3. The molecule has 0 saturated heterocycles. The molecule has 0 unspecified atom stereocenters. The molecule has 0 radical (unpaired) electrons. The van der Waals surface area contributed by atoms with E-state index in [4.69, 9.17) is 27.1 Å². The van der Waals surface area contributed by atoms with Gasteiger partial charge < -0.3 is 20.8 Å². The van der Waals surface area contributed by atoms with Crippen molar-refractivity contribution in [3.63, 3.8) is 0 Å². The normalized spacial score (nSPS) is 11.8. The Kier molecular flexibility index (Phi) is 5.13. The van der Waals surface area contributed by atoms with Crippen molar-refractivity contribution in [2.45, 2.75) is 19.9 Å². The van der Waals surface area contributed by atoms with E-state index < -0.39 is 0 Å². The van der Waals surface area contributed by atoms with E-state index in [1.807, 2.05) is 6.07 Å². The van der Waals surface area contributed by atoms with E-state index in [-0.39, 0.29) is 5.84 Å². The Labute approximate surface area is 126 Å². The van der Waals surface area contributed by atoms with Gasteiger partial charge in [-0.2, -0.15) is 4.98 Å². The first-order chi connectivity index (χ1) is 10.1. The van der Waals surface area contributed by atoms with E-state index in [0.29, 0.717) is 41.8 Å². The van der Waals surface area contributed by atoms with Crippen LogP contribution in [0.25, 0.3) is 0 Å². The highest BCUT2D eigenvalue weighted by Crippen LogP contribution is 2.17. The SMILES string of the molecule is Cc1nc(CCNCc2ccc(/C(N)=N/O)cc2Cl)no1. The number of halogens is 1. The predicted octanol–water partition coefficient (Wildman–Crippen LogP) is 1.46. The lowest BCUT2D eigenvalue weighted by atomic mass is 10.1. The smallest absolute Gasteiger partial charge is 0.223 e. The van der Waals surface area contributed by atoms with Crippen molar-refractivity contribution in [3.8, 4) is 0 Å². The van der Waals surface area contributed by atoms with Crippen LogP contribution in [0.4, 0.5) is 0 Å². The molecule has 0 atom stereocenters. The van der Waals surface area contributed by atoms with Gasteiger partial charge in [-0.1, -0.05) is 34.0 Å². The number of nitrogens with one attached hydrogen (secondary N) is 1. The van der Waals surface area contributed by atoms with Crippen molar-refractivity contribution >= 4 is 17.4 Å². The Morgan fingerprint density at radius 2 is 2.33 bits per heavy atom. The lowest BCUT2D eigenvalue weighted by Gasteiger charge is -2.07. The summed E-state index contributed by atoms with van der Waals surface area (Å²) in [5, 5.41) is 19.2. The maximum atomic E-state index is 8.62. The Morgan fingerprint density at radius 1 is 1.52 bits per heavy atom. The molecular weight excluding hydrogens is 294 g/mol. The molecule has 1 heterocycles. The zero-order valence-electron chi connectivity index (χ0n) is 11.5. The van der Waals surface area contributed by atoms with E-state index in [9.17, 15) is 0 Å². The van der Waals surface area contributed by atoms with E-state index in [1.54, 1.807) is 19.1 Å². The largest absolute Gasteiger partial charge is 0.409 e. The zero-order valence-corrected chi connectivity index (χ0v) is 12.3.